The van der Waals surface area contributed by atoms with E-state index in [1.165, 1.54) is 43.7 Å². The Hall–Kier alpha value is -3.99. The third-order valence-corrected chi connectivity index (χ3v) is 8.06. The molecule has 0 aliphatic carbocycles. The summed E-state index contributed by atoms with van der Waals surface area (Å²) in [6.45, 7) is 5.57. The summed E-state index contributed by atoms with van der Waals surface area (Å²) in [5, 5.41) is 0. The number of benzene rings is 1. The maximum Gasteiger partial charge on any atom is 0.338 e. The molecule has 0 radical (unpaired) electrons. The van der Waals surface area contributed by atoms with Gasteiger partial charge in [0.25, 0.3) is 5.56 Å². The summed E-state index contributed by atoms with van der Waals surface area (Å²) < 4.78 is 30.1. The summed E-state index contributed by atoms with van der Waals surface area (Å²) in [7, 11) is 4.55. The van der Waals surface area contributed by atoms with Crippen LogP contribution in [0.4, 0.5) is 5.88 Å². The van der Waals surface area contributed by atoms with E-state index >= 15 is 0 Å². The normalized spacial score (nSPS) is 17.4. The van der Waals surface area contributed by atoms with Crippen LogP contribution in [0.15, 0.2) is 49.7 Å². The number of fused-ring (bicyclic) bond motifs is 1. The lowest BCUT2D eigenvalue weighted by atomic mass is 9.95. The van der Waals surface area contributed by atoms with Gasteiger partial charge in [-0.15, -0.1) is 0 Å². The second-order valence-corrected chi connectivity index (χ2v) is 10.5. The van der Waals surface area contributed by atoms with Crippen molar-refractivity contribution in [3.63, 3.8) is 0 Å². The number of methoxy groups -OCH3 is 3. The van der Waals surface area contributed by atoms with Crippen LogP contribution >= 0.6 is 11.3 Å². The number of carbonyl (C=O) groups excluding carboxylic acids is 1. The van der Waals surface area contributed by atoms with E-state index in [2.05, 4.69) is 9.89 Å². The van der Waals surface area contributed by atoms with Crippen molar-refractivity contribution in [2.45, 2.75) is 39.2 Å². The number of hydrogen-bond donors (Lipinski definition) is 0. The molecule has 0 amide bonds. The zero-order valence-electron chi connectivity index (χ0n) is 23.3. The van der Waals surface area contributed by atoms with Crippen molar-refractivity contribution in [2.24, 2.45) is 4.99 Å². The lowest BCUT2D eigenvalue weighted by molar-refractivity contribution is -0.139. The molecule has 0 unspecified atom stereocenters. The van der Waals surface area contributed by atoms with Gasteiger partial charge in [-0.25, -0.2) is 9.79 Å². The van der Waals surface area contributed by atoms with Crippen LogP contribution in [0.1, 0.15) is 50.5 Å². The molecule has 1 fully saturated rings. The summed E-state index contributed by atoms with van der Waals surface area (Å²) in [5.41, 5.74) is 1.02. The van der Waals surface area contributed by atoms with E-state index in [9.17, 15) is 9.59 Å². The van der Waals surface area contributed by atoms with Crippen LogP contribution in [-0.2, 0) is 9.53 Å². The predicted molar refractivity (Wildman–Crippen MR) is 151 cm³/mol. The van der Waals surface area contributed by atoms with Gasteiger partial charge in [0.2, 0.25) is 5.75 Å². The van der Waals surface area contributed by atoms with Gasteiger partial charge in [0.15, 0.2) is 22.2 Å². The molecule has 10 nitrogen and oxygen atoms in total. The fourth-order valence-corrected chi connectivity index (χ4v) is 6.23. The number of ether oxygens (including phenoxy) is 4. The van der Waals surface area contributed by atoms with Gasteiger partial charge in [-0.1, -0.05) is 11.3 Å². The molecule has 5 rings (SSSR count). The summed E-state index contributed by atoms with van der Waals surface area (Å²) >= 11 is 1.24. The lowest BCUT2D eigenvalue weighted by Crippen LogP contribution is -2.40. The van der Waals surface area contributed by atoms with Crippen molar-refractivity contribution in [3.8, 4) is 17.2 Å². The maximum atomic E-state index is 13.9. The molecule has 40 heavy (non-hydrogen) atoms. The molecule has 4 heterocycles. The SMILES string of the molecule is CCOC(=O)C1=C(C)N=c2sc(=Cc3ccc(N4CCCCC4)o3)c(=O)n2[C@H]1c1cc(OC)c(OC)c(OC)c1. The number of esters is 1. The highest BCUT2D eigenvalue weighted by Crippen LogP contribution is 2.42. The molecule has 0 saturated carbocycles. The van der Waals surface area contributed by atoms with E-state index in [0.29, 0.717) is 43.6 Å². The van der Waals surface area contributed by atoms with E-state index in [0.717, 1.165) is 31.8 Å². The molecular weight excluding hydrogens is 534 g/mol. The minimum atomic E-state index is -0.827. The zero-order chi connectivity index (χ0) is 28.4. The Bertz CT molecular complexity index is 1600. The number of anilines is 1. The highest BCUT2D eigenvalue weighted by Gasteiger charge is 2.34. The number of hydrogen-bond acceptors (Lipinski definition) is 10. The van der Waals surface area contributed by atoms with Crippen molar-refractivity contribution in [1.29, 1.82) is 0 Å². The van der Waals surface area contributed by atoms with E-state index in [1.807, 2.05) is 12.1 Å². The van der Waals surface area contributed by atoms with Gasteiger partial charge in [-0.3, -0.25) is 9.36 Å². The van der Waals surface area contributed by atoms with E-state index < -0.39 is 12.0 Å². The molecule has 1 saturated heterocycles. The highest BCUT2D eigenvalue weighted by molar-refractivity contribution is 7.07. The van der Waals surface area contributed by atoms with Gasteiger partial charge in [0.05, 0.1) is 49.8 Å². The number of aromatic nitrogens is 1. The monoisotopic (exact) mass is 567 g/mol. The smallest absolute Gasteiger partial charge is 0.338 e. The van der Waals surface area contributed by atoms with Crippen molar-refractivity contribution in [2.75, 3.05) is 45.9 Å². The number of allylic oxidation sites excluding steroid dienone is 1. The van der Waals surface area contributed by atoms with Crippen molar-refractivity contribution in [1.82, 2.24) is 4.57 Å². The van der Waals surface area contributed by atoms with Gasteiger partial charge < -0.3 is 28.3 Å². The molecule has 11 heteroatoms. The van der Waals surface area contributed by atoms with Crippen molar-refractivity contribution >= 4 is 29.3 Å². The van der Waals surface area contributed by atoms with E-state index in [1.54, 1.807) is 32.1 Å². The molecule has 0 N–H and O–H groups in total. The Morgan fingerprint density at radius 1 is 1.10 bits per heavy atom. The molecule has 2 aliphatic heterocycles. The third-order valence-electron chi connectivity index (χ3n) is 7.07. The van der Waals surface area contributed by atoms with E-state index in [-0.39, 0.29) is 17.7 Å². The van der Waals surface area contributed by atoms with Crippen LogP contribution in [0.5, 0.6) is 17.2 Å². The number of thiazole rings is 1. The summed E-state index contributed by atoms with van der Waals surface area (Å²) in [6, 6.07) is 6.45. The van der Waals surface area contributed by atoms with Gasteiger partial charge in [0.1, 0.15) is 5.76 Å². The average molecular weight is 568 g/mol. The van der Waals surface area contributed by atoms with Crippen LogP contribution in [0, 0.1) is 0 Å². The molecule has 0 spiro atoms. The summed E-state index contributed by atoms with van der Waals surface area (Å²) in [4.78, 5) is 34.5. The zero-order valence-corrected chi connectivity index (χ0v) is 24.1. The minimum Gasteiger partial charge on any atom is -0.493 e. The van der Waals surface area contributed by atoms with Crippen LogP contribution in [0.3, 0.4) is 0 Å². The quantitative estimate of drug-likeness (QED) is 0.382. The maximum absolute atomic E-state index is 13.9. The number of rotatable bonds is 8. The minimum absolute atomic E-state index is 0.180. The van der Waals surface area contributed by atoms with E-state index in [4.69, 9.17) is 23.4 Å². The summed E-state index contributed by atoms with van der Waals surface area (Å²) in [5.74, 6) is 2.04. The second kappa shape index (κ2) is 11.6. The fraction of sp³-hybridized carbons (Fsp3) is 0.414. The second-order valence-electron chi connectivity index (χ2n) is 9.48. The summed E-state index contributed by atoms with van der Waals surface area (Å²) in [6.07, 6.45) is 5.23. The van der Waals surface area contributed by atoms with Crippen molar-refractivity contribution in [3.05, 3.63) is 66.5 Å². The highest BCUT2D eigenvalue weighted by atomic mass is 32.1. The van der Waals surface area contributed by atoms with Crippen LogP contribution in [0.2, 0.25) is 0 Å². The number of nitrogens with zero attached hydrogens (tertiary/aromatic N) is 3. The van der Waals surface area contributed by atoms with Crippen LogP contribution < -0.4 is 34.0 Å². The molecule has 212 valence electrons. The Morgan fingerprint density at radius 3 is 2.42 bits per heavy atom. The van der Waals surface area contributed by atoms with Crippen molar-refractivity contribution < 1.29 is 28.2 Å². The standard InChI is InChI=1S/C29H33N3O7S/c1-6-38-28(34)24-17(2)30-29-32(25(24)18-14-20(35-3)26(37-5)21(15-18)36-4)27(33)22(40-29)16-19-10-11-23(39-19)31-12-8-7-9-13-31/h10-11,14-16,25H,6-9,12-13H2,1-5H3/t25-/m0/s1. The van der Waals surface area contributed by atoms with Gasteiger partial charge in [-0.2, -0.15) is 0 Å². The predicted octanol–water partition coefficient (Wildman–Crippen LogP) is 3.41. The Labute approximate surface area is 235 Å². The molecular formula is C29H33N3O7S. The first-order valence-corrected chi connectivity index (χ1v) is 14.1. The first-order valence-electron chi connectivity index (χ1n) is 13.2. The lowest BCUT2D eigenvalue weighted by Gasteiger charge is -2.26. The largest absolute Gasteiger partial charge is 0.493 e. The van der Waals surface area contributed by atoms with Crippen LogP contribution in [0.25, 0.3) is 6.08 Å². The number of carbonyl (C=O) groups is 1. The first kappa shape index (κ1) is 27.6. The third kappa shape index (κ3) is 5.01. The Morgan fingerprint density at radius 2 is 1.80 bits per heavy atom. The first-order chi connectivity index (χ1) is 19.4. The molecule has 2 aliphatic rings. The van der Waals surface area contributed by atoms with Gasteiger partial charge in [-0.05, 0) is 56.9 Å². The Kier molecular flexibility index (Phi) is 8.02. The molecule has 1 atom stereocenters. The van der Waals surface area contributed by atoms with Gasteiger partial charge >= 0.3 is 5.97 Å². The topological polar surface area (TPSA) is 105 Å². The fourth-order valence-electron chi connectivity index (χ4n) is 5.20. The van der Waals surface area contributed by atoms with Gasteiger partial charge in [0, 0.05) is 25.2 Å². The van der Waals surface area contributed by atoms with Crippen LogP contribution in [-0.4, -0.2) is 51.6 Å². The number of furan rings is 1. The molecule has 1 aromatic carbocycles. The molecule has 0 bridgehead atoms. The molecule has 2 aromatic heterocycles. The average Bonchev–Trinajstić information content (AvgIpc) is 3.56. The molecule has 3 aromatic rings. The number of piperidine rings is 1. The Balaban J connectivity index is 1.67.